The molecule has 0 aliphatic carbocycles. The molecule has 5 nitrogen and oxygen atoms in total. The van der Waals surface area contributed by atoms with Crippen LogP contribution < -0.4 is 5.32 Å². The largest absolute Gasteiger partial charge is 0.469 e. The van der Waals surface area contributed by atoms with Crippen LogP contribution >= 0.6 is 0 Å². The average molecular weight is 318 g/mol. The lowest BCUT2D eigenvalue weighted by Gasteiger charge is -2.32. The number of carbonyl (C=O) groups excluding carboxylic acids is 2. The summed E-state index contributed by atoms with van der Waals surface area (Å²) in [7, 11) is 1.38. The fourth-order valence-corrected chi connectivity index (χ4v) is 2.95. The van der Waals surface area contributed by atoms with Crippen molar-refractivity contribution < 1.29 is 14.3 Å². The highest BCUT2D eigenvalue weighted by atomic mass is 16.5. The number of hydrogen-bond acceptors (Lipinski definition) is 4. The summed E-state index contributed by atoms with van der Waals surface area (Å²) in [6.45, 7) is 3.27. The van der Waals surface area contributed by atoms with Crippen LogP contribution in [-0.4, -0.2) is 43.5 Å². The molecule has 0 unspecified atom stereocenters. The van der Waals surface area contributed by atoms with Gasteiger partial charge in [0.05, 0.1) is 13.0 Å². The third-order valence-corrected chi connectivity index (χ3v) is 4.21. The Labute approximate surface area is 138 Å². The van der Waals surface area contributed by atoms with E-state index in [0.29, 0.717) is 19.4 Å². The molecule has 126 valence electrons. The van der Waals surface area contributed by atoms with E-state index in [-0.39, 0.29) is 17.8 Å². The molecule has 1 aliphatic rings. The van der Waals surface area contributed by atoms with E-state index in [2.05, 4.69) is 27.1 Å². The number of benzene rings is 1. The van der Waals surface area contributed by atoms with Crippen molar-refractivity contribution in [1.29, 1.82) is 0 Å². The maximum Gasteiger partial charge on any atom is 0.305 e. The van der Waals surface area contributed by atoms with E-state index in [1.807, 2.05) is 18.2 Å². The van der Waals surface area contributed by atoms with Gasteiger partial charge in [0.2, 0.25) is 5.91 Å². The first kappa shape index (κ1) is 17.5. The Hall–Kier alpha value is -1.88. The third-order valence-electron chi connectivity index (χ3n) is 4.21. The number of methoxy groups -OCH3 is 1. The summed E-state index contributed by atoms with van der Waals surface area (Å²) in [4.78, 5) is 25.6. The number of ether oxygens (including phenoxy) is 1. The molecular formula is C18H26N2O3. The van der Waals surface area contributed by atoms with Crippen molar-refractivity contribution in [3.63, 3.8) is 0 Å². The van der Waals surface area contributed by atoms with Crippen LogP contribution in [0.1, 0.15) is 31.2 Å². The van der Waals surface area contributed by atoms with Gasteiger partial charge < -0.3 is 10.1 Å². The molecule has 1 heterocycles. The predicted molar refractivity (Wildman–Crippen MR) is 88.7 cm³/mol. The van der Waals surface area contributed by atoms with E-state index >= 15 is 0 Å². The van der Waals surface area contributed by atoms with Gasteiger partial charge in [-0.05, 0) is 31.4 Å². The molecule has 1 amide bonds. The zero-order chi connectivity index (χ0) is 16.5. The first-order valence-corrected chi connectivity index (χ1v) is 8.30. The van der Waals surface area contributed by atoms with E-state index in [1.54, 1.807) is 0 Å². The number of hydrogen-bond donors (Lipinski definition) is 1. The van der Waals surface area contributed by atoms with Crippen molar-refractivity contribution in [2.45, 2.75) is 32.2 Å². The minimum Gasteiger partial charge on any atom is -0.469 e. The molecule has 23 heavy (non-hydrogen) atoms. The summed E-state index contributed by atoms with van der Waals surface area (Å²) < 4.78 is 4.59. The molecule has 1 N–H and O–H groups in total. The minimum absolute atomic E-state index is 0.0468. The molecule has 0 aromatic heterocycles. The first-order chi connectivity index (χ1) is 11.2. The number of rotatable bonds is 7. The maximum atomic E-state index is 12.3. The van der Waals surface area contributed by atoms with Crippen LogP contribution in [-0.2, 0) is 20.9 Å². The Morgan fingerprint density at radius 3 is 2.83 bits per heavy atom. The van der Waals surface area contributed by atoms with E-state index in [0.717, 1.165) is 32.5 Å². The average Bonchev–Trinajstić information content (AvgIpc) is 2.59. The van der Waals surface area contributed by atoms with E-state index in [4.69, 9.17) is 0 Å². The summed E-state index contributed by atoms with van der Waals surface area (Å²) >= 11 is 0. The number of carbonyl (C=O) groups is 2. The fraction of sp³-hybridized carbons (Fsp3) is 0.556. The number of likely N-dealkylation sites (tertiary alicyclic amines) is 1. The van der Waals surface area contributed by atoms with E-state index in [1.165, 1.54) is 12.7 Å². The highest BCUT2D eigenvalue weighted by Gasteiger charge is 2.25. The number of piperidine rings is 1. The molecule has 1 aliphatic heterocycles. The van der Waals surface area contributed by atoms with Gasteiger partial charge in [0, 0.05) is 26.1 Å². The zero-order valence-corrected chi connectivity index (χ0v) is 13.8. The molecule has 0 spiro atoms. The lowest BCUT2D eigenvalue weighted by molar-refractivity contribution is -0.140. The lowest BCUT2D eigenvalue weighted by atomic mass is 9.96. The Kier molecular flexibility index (Phi) is 7.07. The summed E-state index contributed by atoms with van der Waals surface area (Å²) in [5, 5.41) is 2.94. The number of amides is 1. The standard InChI is InChI=1S/C18H26N2O3/c1-23-17(21)10-5-11-19-18(22)16-9-6-12-20(14-16)13-15-7-3-2-4-8-15/h2-4,7-8,16H,5-6,9-14H2,1H3,(H,19,22)/t16-/m1/s1. The highest BCUT2D eigenvalue weighted by Crippen LogP contribution is 2.18. The normalized spacial score (nSPS) is 18.4. The molecule has 1 fully saturated rings. The van der Waals surface area contributed by atoms with Gasteiger partial charge >= 0.3 is 5.97 Å². The van der Waals surface area contributed by atoms with Crippen molar-refractivity contribution in [3.05, 3.63) is 35.9 Å². The molecule has 0 radical (unpaired) electrons. The molecule has 0 bridgehead atoms. The van der Waals surface area contributed by atoms with Crippen LogP contribution in [0.3, 0.4) is 0 Å². The van der Waals surface area contributed by atoms with Gasteiger partial charge in [0.1, 0.15) is 0 Å². The zero-order valence-electron chi connectivity index (χ0n) is 13.8. The summed E-state index contributed by atoms with van der Waals surface area (Å²) in [5.74, 6) is -0.0795. The van der Waals surface area contributed by atoms with Crippen LogP contribution in [0, 0.1) is 5.92 Å². The quantitative estimate of drug-likeness (QED) is 0.617. The first-order valence-electron chi connectivity index (χ1n) is 8.30. The van der Waals surface area contributed by atoms with Crippen LogP contribution in [0.4, 0.5) is 0 Å². The molecule has 1 aromatic carbocycles. The van der Waals surface area contributed by atoms with Gasteiger partial charge in [-0.25, -0.2) is 0 Å². The molecular weight excluding hydrogens is 292 g/mol. The van der Waals surface area contributed by atoms with Gasteiger partial charge in [-0.2, -0.15) is 0 Å². The van der Waals surface area contributed by atoms with Crippen molar-refractivity contribution in [2.24, 2.45) is 5.92 Å². The second kappa shape index (κ2) is 9.30. The Bertz CT molecular complexity index is 504. The highest BCUT2D eigenvalue weighted by molar-refractivity contribution is 5.79. The van der Waals surface area contributed by atoms with Crippen molar-refractivity contribution in [1.82, 2.24) is 10.2 Å². The summed E-state index contributed by atoms with van der Waals surface area (Å²) in [5.41, 5.74) is 1.28. The Morgan fingerprint density at radius 1 is 1.30 bits per heavy atom. The summed E-state index contributed by atoms with van der Waals surface area (Å²) in [6, 6.07) is 10.4. The number of nitrogens with zero attached hydrogens (tertiary/aromatic N) is 1. The van der Waals surface area contributed by atoms with Crippen LogP contribution in [0.15, 0.2) is 30.3 Å². The van der Waals surface area contributed by atoms with E-state index in [9.17, 15) is 9.59 Å². The fourth-order valence-electron chi connectivity index (χ4n) is 2.95. The second-order valence-electron chi connectivity index (χ2n) is 6.03. The second-order valence-corrected chi connectivity index (χ2v) is 6.03. The topological polar surface area (TPSA) is 58.6 Å². The molecule has 1 atom stereocenters. The lowest BCUT2D eigenvalue weighted by Crippen LogP contribution is -2.42. The van der Waals surface area contributed by atoms with Crippen LogP contribution in [0.2, 0.25) is 0 Å². The molecule has 0 saturated carbocycles. The number of nitrogens with one attached hydrogen (secondary N) is 1. The minimum atomic E-state index is -0.231. The van der Waals surface area contributed by atoms with E-state index < -0.39 is 0 Å². The van der Waals surface area contributed by atoms with Crippen molar-refractivity contribution in [2.75, 3.05) is 26.7 Å². The Balaban J connectivity index is 1.72. The van der Waals surface area contributed by atoms with Gasteiger partial charge in [-0.1, -0.05) is 30.3 Å². The summed E-state index contributed by atoms with van der Waals surface area (Å²) in [6.07, 6.45) is 2.96. The van der Waals surface area contributed by atoms with Gasteiger partial charge in [-0.15, -0.1) is 0 Å². The van der Waals surface area contributed by atoms with Gasteiger partial charge in [0.25, 0.3) is 0 Å². The van der Waals surface area contributed by atoms with Crippen LogP contribution in [0.25, 0.3) is 0 Å². The SMILES string of the molecule is COC(=O)CCCNC(=O)[C@@H]1CCCN(Cc2ccccc2)C1. The molecule has 1 aromatic rings. The van der Waals surface area contributed by atoms with Crippen LogP contribution in [0.5, 0.6) is 0 Å². The Morgan fingerprint density at radius 2 is 2.09 bits per heavy atom. The van der Waals surface area contributed by atoms with Gasteiger partial charge in [-0.3, -0.25) is 14.5 Å². The maximum absolute atomic E-state index is 12.3. The predicted octanol–water partition coefficient (Wildman–Crippen LogP) is 1.97. The molecule has 5 heteroatoms. The molecule has 1 saturated heterocycles. The van der Waals surface area contributed by atoms with Gasteiger partial charge in [0.15, 0.2) is 0 Å². The number of esters is 1. The third kappa shape index (κ3) is 6.02. The smallest absolute Gasteiger partial charge is 0.305 e. The van der Waals surface area contributed by atoms with Crippen molar-refractivity contribution in [3.8, 4) is 0 Å². The molecule has 2 rings (SSSR count). The van der Waals surface area contributed by atoms with Crippen molar-refractivity contribution >= 4 is 11.9 Å². The monoisotopic (exact) mass is 318 g/mol.